The summed E-state index contributed by atoms with van der Waals surface area (Å²) in [5.41, 5.74) is 1.33. The maximum absolute atomic E-state index is 12.3. The van der Waals surface area contributed by atoms with Gasteiger partial charge in [0, 0.05) is 24.5 Å². The fraction of sp³-hybridized carbons (Fsp3) is 0.150. The van der Waals surface area contributed by atoms with E-state index in [4.69, 9.17) is 14.6 Å². The minimum atomic E-state index is -1.00. The Labute approximate surface area is 162 Å². The number of ether oxygens (including phenoxy) is 2. The van der Waals surface area contributed by atoms with Crippen molar-refractivity contribution in [3.8, 4) is 17.6 Å². The molecule has 8 nitrogen and oxygen atoms in total. The maximum atomic E-state index is 12.3. The van der Waals surface area contributed by atoms with Gasteiger partial charge in [-0.15, -0.1) is 0 Å². The van der Waals surface area contributed by atoms with Crippen molar-refractivity contribution < 1.29 is 24.2 Å². The van der Waals surface area contributed by atoms with Gasteiger partial charge in [0.15, 0.2) is 11.5 Å². The van der Waals surface area contributed by atoms with Gasteiger partial charge in [0.05, 0.1) is 19.8 Å². The second-order valence-corrected chi connectivity index (χ2v) is 5.58. The number of carboxylic acid groups (broad SMARTS) is 1. The molecule has 0 bridgehead atoms. The van der Waals surface area contributed by atoms with Crippen LogP contribution in [0.4, 0.5) is 5.69 Å². The Morgan fingerprint density at radius 3 is 2.36 bits per heavy atom. The van der Waals surface area contributed by atoms with Crippen LogP contribution in [0.3, 0.4) is 0 Å². The van der Waals surface area contributed by atoms with E-state index < -0.39 is 11.9 Å². The molecular weight excluding hydrogens is 362 g/mol. The molecule has 0 aliphatic heterocycles. The zero-order chi connectivity index (χ0) is 20.5. The molecule has 1 amide bonds. The lowest BCUT2D eigenvalue weighted by molar-refractivity contribution is -0.112. The van der Waals surface area contributed by atoms with Gasteiger partial charge in [0.2, 0.25) is 0 Å². The van der Waals surface area contributed by atoms with Gasteiger partial charge in [-0.1, -0.05) is 12.1 Å². The van der Waals surface area contributed by atoms with Crippen LogP contribution in [0.2, 0.25) is 0 Å². The van der Waals surface area contributed by atoms with Crippen molar-refractivity contribution >= 4 is 17.6 Å². The normalized spacial score (nSPS) is 10.5. The van der Waals surface area contributed by atoms with Crippen LogP contribution >= 0.6 is 0 Å². The third-order valence-corrected chi connectivity index (χ3v) is 3.76. The van der Waals surface area contributed by atoms with Crippen molar-refractivity contribution in [1.29, 1.82) is 5.26 Å². The van der Waals surface area contributed by atoms with Gasteiger partial charge < -0.3 is 25.2 Å². The Hall–Kier alpha value is -3.99. The van der Waals surface area contributed by atoms with Crippen molar-refractivity contribution in [2.24, 2.45) is 0 Å². The van der Waals surface area contributed by atoms with Gasteiger partial charge in [-0.05, 0) is 29.8 Å². The highest BCUT2D eigenvalue weighted by Crippen LogP contribution is 2.29. The predicted octanol–water partition coefficient (Wildman–Crippen LogP) is 2.54. The molecule has 0 unspecified atom stereocenters. The van der Waals surface area contributed by atoms with Gasteiger partial charge in [-0.3, -0.25) is 4.79 Å². The zero-order valence-corrected chi connectivity index (χ0v) is 15.4. The number of carbonyl (C=O) groups excluding carboxylic acids is 1. The van der Waals surface area contributed by atoms with E-state index in [0.717, 1.165) is 5.56 Å². The third kappa shape index (κ3) is 5.25. The Kier molecular flexibility index (Phi) is 6.99. The summed E-state index contributed by atoms with van der Waals surface area (Å²) in [4.78, 5) is 23.1. The van der Waals surface area contributed by atoms with Gasteiger partial charge >= 0.3 is 5.97 Å². The lowest BCUT2D eigenvalue weighted by Gasteiger charge is -2.10. The van der Waals surface area contributed by atoms with Gasteiger partial charge in [0.1, 0.15) is 11.6 Å². The molecule has 0 aliphatic rings. The second kappa shape index (κ2) is 9.64. The molecule has 0 aliphatic carbocycles. The molecule has 0 radical (unpaired) electrons. The Bertz CT molecular complexity index is 930. The molecule has 144 valence electrons. The molecule has 0 aromatic heterocycles. The largest absolute Gasteiger partial charge is 0.493 e. The van der Waals surface area contributed by atoms with E-state index in [2.05, 4.69) is 10.6 Å². The monoisotopic (exact) mass is 381 g/mol. The number of nitrogens with zero attached hydrogens (tertiary/aromatic N) is 1. The van der Waals surface area contributed by atoms with Crippen LogP contribution in [0.15, 0.2) is 54.2 Å². The molecule has 8 heteroatoms. The topological polar surface area (TPSA) is 121 Å². The lowest BCUT2D eigenvalue weighted by Crippen LogP contribution is -2.16. The molecule has 0 heterocycles. The van der Waals surface area contributed by atoms with E-state index in [1.165, 1.54) is 32.6 Å². The van der Waals surface area contributed by atoms with E-state index in [9.17, 15) is 14.9 Å². The Morgan fingerprint density at radius 1 is 1.11 bits per heavy atom. The number of methoxy groups -OCH3 is 2. The SMILES string of the molecule is COc1ccc(NC(=O)/C(C#N)=C\NCc2ccc(C(=O)O)cc2)cc1OC. The molecule has 2 rings (SSSR count). The minimum Gasteiger partial charge on any atom is -0.493 e. The molecule has 2 aromatic rings. The molecule has 0 fully saturated rings. The molecule has 0 saturated heterocycles. The fourth-order valence-electron chi connectivity index (χ4n) is 2.30. The predicted molar refractivity (Wildman–Crippen MR) is 102 cm³/mol. The number of carboxylic acids is 1. The van der Waals surface area contributed by atoms with Crippen LogP contribution in [-0.4, -0.2) is 31.2 Å². The smallest absolute Gasteiger partial charge is 0.335 e. The number of anilines is 1. The minimum absolute atomic E-state index is 0.114. The lowest BCUT2D eigenvalue weighted by atomic mass is 10.1. The number of amides is 1. The third-order valence-electron chi connectivity index (χ3n) is 3.76. The van der Waals surface area contributed by atoms with Gasteiger partial charge in [-0.2, -0.15) is 5.26 Å². The number of benzene rings is 2. The van der Waals surface area contributed by atoms with Crippen molar-refractivity contribution in [1.82, 2.24) is 5.32 Å². The molecule has 0 saturated carbocycles. The van der Waals surface area contributed by atoms with Crippen molar-refractivity contribution in [3.05, 3.63) is 65.4 Å². The number of carbonyl (C=O) groups is 2. The summed E-state index contributed by atoms with van der Waals surface area (Å²) >= 11 is 0. The van der Waals surface area contributed by atoms with Gasteiger partial charge in [-0.25, -0.2) is 4.79 Å². The second-order valence-electron chi connectivity index (χ2n) is 5.58. The van der Waals surface area contributed by atoms with Crippen LogP contribution in [0.25, 0.3) is 0 Å². The van der Waals surface area contributed by atoms with Crippen molar-refractivity contribution in [2.75, 3.05) is 19.5 Å². The van der Waals surface area contributed by atoms with Crippen LogP contribution in [0, 0.1) is 11.3 Å². The highest BCUT2D eigenvalue weighted by molar-refractivity contribution is 6.06. The summed E-state index contributed by atoms with van der Waals surface area (Å²) < 4.78 is 10.3. The van der Waals surface area contributed by atoms with Crippen LogP contribution in [-0.2, 0) is 11.3 Å². The highest BCUT2D eigenvalue weighted by Gasteiger charge is 2.11. The number of rotatable bonds is 8. The quantitative estimate of drug-likeness (QED) is 0.475. The average molecular weight is 381 g/mol. The molecular formula is C20H19N3O5. The van der Waals surface area contributed by atoms with E-state index in [1.54, 1.807) is 30.3 Å². The molecule has 2 aromatic carbocycles. The van der Waals surface area contributed by atoms with Crippen LogP contribution in [0.1, 0.15) is 15.9 Å². The average Bonchev–Trinajstić information content (AvgIpc) is 2.71. The van der Waals surface area contributed by atoms with E-state index in [0.29, 0.717) is 23.7 Å². The van der Waals surface area contributed by atoms with Gasteiger partial charge in [0.25, 0.3) is 5.91 Å². The first kappa shape index (κ1) is 20.3. The summed E-state index contributed by atoms with van der Waals surface area (Å²) in [5, 5.41) is 23.6. The summed E-state index contributed by atoms with van der Waals surface area (Å²) in [7, 11) is 2.99. The standard InChI is InChI=1S/C20H19N3O5/c1-27-17-8-7-16(9-18(17)28-2)23-19(24)15(10-21)12-22-11-13-3-5-14(6-4-13)20(25)26/h3-9,12,22H,11H2,1-2H3,(H,23,24)(H,25,26)/b15-12-. The first-order chi connectivity index (χ1) is 13.5. The van der Waals surface area contributed by atoms with Crippen LogP contribution < -0.4 is 20.1 Å². The summed E-state index contributed by atoms with van der Waals surface area (Å²) in [6, 6.07) is 13.0. The van der Waals surface area contributed by atoms with E-state index >= 15 is 0 Å². The van der Waals surface area contributed by atoms with Crippen molar-refractivity contribution in [2.45, 2.75) is 6.54 Å². The summed E-state index contributed by atoms with van der Waals surface area (Å²) in [6.45, 7) is 0.328. The van der Waals surface area contributed by atoms with Crippen LogP contribution in [0.5, 0.6) is 11.5 Å². The number of nitriles is 1. The fourth-order valence-corrected chi connectivity index (χ4v) is 2.30. The number of hydrogen-bond acceptors (Lipinski definition) is 6. The number of hydrogen-bond donors (Lipinski definition) is 3. The summed E-state index contributed by atoms with van der Waals surface area (Å²) in [6.07, 6.45) is 1.31. The first-order valence-electron chi connectivity index (χ1n) is 8.17. The highest BCUT2D eigenvalue weighted by atomic mass is 16.5. The van der Waals surface area contributed by atoms with E-state index in [1.807, 2.05) is 6.07 Å². The Balaban J connectivity index is 2.00. The zero-order valence-electron chi connectivity index (χ0n) is 15.4. The summed E-state index contributed by atoms with van der Waals surface area (Å²) in [5.74, 6) is -0.612. The maximum Gasteiger partial charge on any atom is 0.335 e. The molecule has 0 atom stereocenters. The molecule has 3 N–H and O–H groups in total. The Morgan fingerprint density at radius 2 is 1.79 bits per heavy atom. The molecule has 28 heavy (non-hydrogen) atoms. The number of aromatic carboxylic acids is 1. The molecule has 0 spiro atoms. The first-order valence-corrected chi connectivity index (χ1v) is 8.17. The number of nitrogens with one attached hydrogen (secondary N) is 2. The van der Waals surface area contributed by atoms with E-state index in [-0.39, 0.29) is 11.1 Å². The van der Waals surface area contributed by atoms with Crippen molar-refractivity contribution in [3.63, 3.8) is 0 Å².